The molecule has 2 N–H and O–H groups in total. The molecule has 2 unspecified atom stereocenters. The highest BCUT2D eigenvalue weighted by Crippen LogP contribution is 2.35. The standard InChI is InChI=1S/C16H26N2O2/c17-12-16(8-3-1-2-4-9-16)15(20)18-11-13-6-5-7-14(19)10-13/h13-14,19H,1-11H2,(H,18,20). The molecule has 2 fully saturated rings. The highest BCUT2D eigenvalue weighted by molar-refractivity contribution is 5.85. The van der Waals surface area contributed by atoms with Crippen LogP contribution in [0.2, 0.25) is 0 Å². The molecule has 0 aromatic rings. The lowest BCUT2D eigenvalue weighted by Crippen LogP contribution is -2.42. The minimum Gasteiger partial charge on any atom is -0.393 e. The lowest BCUT2D eigenvalue weighted by atomic mass is 9.80. The van der Waals surface area contributed by atoms with Crippen molar-refractivity contribution in [3.8, 4) is 6.07 Å². The molecule has 0 bridgehead atoms. The smallest absolute Gasteiger partial charge is 0.240 e. The van der Waals surface area contributed by atoms with Crippen LogP contribution in [-0.4, -0.2) is 23.7 Å². The van der Waals surface area contributed by atoms with Crippen LogP contribution in [0.25, 0.3) is 0 Å². The summed E-state index contributed by atoms with van der Waals surface area (Å²) in [5.74, 6) is 0.284. The minimum absolute atomic E-state index is 0.0815. The predicted molar refractivity (Wildman–Crippen MR) is 76.7 cm³/mol. The quantitative estimate of drug-likeness (QED) is 0.779. The van der Waals surface area contributed by atoms with Crippen molar-refractivity contribution < 1.29 is 9.90 Å². The summed E-state index contributed by atoms with van der Waals surface area (Å²) >= 11 is 0. The monoisotopic (exact) mass is 278 g/mol. The van der Waals surface area contributed by atoms with Crippen LogP contribution in [0.15, 0.2) is 0 Å². The van der Waals surface area contributed by atoms with Gasteiger partial charge in [-0.3, -0.25) is 4.79 Å². The van der Waals surface area contributed by atoms with Gasteiger partial charge in [0.25, 0.3) is 0 Å². The second-order valence-electron chi connectivity index (χ2n) is 6.50. The van der Waals surface area contributed by atoms with Crippen LogP contribution in [0.5, 0.6) is 0 Å². The van der Waals surface area contributed by atoms with Gasteiger partial charge >= 0.3 is 0 Å². The third-order valence-electron chi connectivity index (χ3n) is 4.91. The van der Waals surface area contributed by atoms with E-state index >= 15 is 0 Å². The lowest BCUT2D eigenvalue weighted by Gasteiger charge is -2.28. The molecule has 1 amide bonds. The van der Waals surface area contributed by atoms with Gasteiger partial charge in [-0.15, -0.1) is 0 Å². The van der Waals surface area contributed by atoms with E-state index < -0.39 is 5.41 Å². The second-order valence-corrected chi connectivity index (χ2v) is 6.50. The fourth-order valence-electron chi connectivity index (χ4n) is 3.58. The maximum absolute atomic E-state index is 12.4. The third-order valence-corrected chi connectivity index (χ3v) is 4.91. The van der Waals surface area contributed by atoms with Crippen molar-refractivity contribution in [2.75, 3.05) is 6.54 Å². The fourth-order valence-corrected chi connectivity index (χ4v) is 3.58. The Kier molecular flexibility index (Phi) is 5.42. The van der Waals surface area contributed by atoms with Crippen LogP contribution in [0.3, 0.4) is 0 Å². The van der Waals surface area contributed by atoms with Gasteiger partial charge in [-0.05, 0) is 38.0 Å². The molecule has 4 nitrogen and oxygen atoms in total. The van der Waals surface area contributed by atoms with E-state index in [2.05, 4.69) is 11.4 Å². The van der Waals surface area contributed by atoms with E-state index in [0.29, 0.717) is 25.3 Å². The highest BCUT2D eigenvalue weighted by Gasteiger charge is 2.39. The highest BCUT2D eigenvalue weighted by atomic mass is 16.3. The molecule has 20 heavy (non-hydrogen) atoms. The fraction of sp³-hybridized carbons (Fsp3) is 0.875. The summed E-state index contributed by atoms with van der Waals surface area (Å²) in [6, 6.07) is 2.29. The Labute approximate surface area is 121 Å². The molecule has 0 heterocycles. The van der Waals surface area contributed by atoms with Crippen molar-refractivity contribution in [2.45, 2.75) is 70.3 Å². The summed E-state index contributed by atoms with van der Waals surface area (Å²) in [5.41, 5.74) is -0.802. The van der Waals surface area contributed by atoms with Gasteiger partial charge in [0, 0.05) is 6.54 Å². The molecular weight excluding hydrogens is 252 g/mol. The Hall–Kier alpha value is -1.08. The van der Waals surface area contributed by atoms with E-state index in [9.17, 15) is 15.2 Å². The summed E-state index contributed by atoms with van der Waals surface area (Å²) in [6.07, 6.45) is 9.15. The minimum atomic E-state index is -0.802. The summed E-state index contributed by atoms with van der Waals surface area (Å²) in [5, 5.41) is 22.1. The first-order chi connectivity index (χ1) is 9.66. The average Bonchev–Trinajstić information content (AvgIpc) is 2.71. The van der Waals surface area contributed by atoms with Gasteiger partial charge in [0.05, 0.1) is 12.2 Å². The van der Waals surface area contributed by atoms with E-state index in [4.69, 9.17) is 0 Å². The number of hydrogen-bond acceptors (Lipinski definition) is 3. The van der Waals surface area contributed by atoms with Crippen molar-refractivity contribution in [1.82, 2.24) is 5.32 Å². The molecule has 0 radical (unpaired) electrons. The van der Waals surface area contributed by atoms with Gasteiger partial charge in [-0.1, -0.05) is 32.1 Å². The summed E-state index contributed by atoms with van der Waals surface area (Å²) < 4.78 is 0. The van der Waals surface area contributed by atoms with Crippen molar-refractivity contribution >= 4 is 5.91 Å². The van der Waals surface area contributed by atoms with Crippen LogP contribution in [0, 0.1) is 22.7 Å². The number of carbonyl (C=O) groups is 1. The number of carbonyl (C=O) groups excluding carboxylic acids is 1. The number of amides is 1. The molecule has 2 aliphatic carbocycles. The van der Waals surface area contributed by atoms with Crippen molar-refractivity contribution in [2.24, 2.45) is 11.3 Å². The molecular formula is C16H26N2O2. The zero-order chi connectivity index (χ0) is 14.4. The number of aliphatic hydroxyl groups is 1. The molecule has 0 aromatic carbocycles. The SMILES string of the molecule is N#CC1(C(=O)NCC2CCCC(O)C2)CCCCCC1. The van der Waals surface area contributed by atoms with Gasteiger partial charge in [0.15, 0.2) is 0 Å². The zero-order valence-corrected chi connectivity index (χ0v) is 12.2. The van der Waals surface area contributed by atoms with Gasteiger partial charge in [0.1, 0.15) is 5.41 Å². The molecule has 2 atom stereocenters. The normalized spacial score (nSPS) is 30.0. The van der Waals surface area contributed by atoms with E-state index in [1.54, 1.807) is 0 Å². The predicted octanol–water partition coefficient (Wildman–Crippen LogP) is 2.52. The van der Waals surface area contributed by atoms with Crippen molar-refractivity contribution in [3.05, 3.63) is 0 Å². The first-order valence-electron chi connectivity index (χ1n) is 8.04. The van der Waals surface area contributed by atoms with E-state index in [-0.39, 0.29) is 12.0 Å². The van der Waals surface area contributed by atoms with Gasteiger partial charge < -0.3 is 10.4 Å². The third kappa shape index (κ3) is 3.73. The Balaban J connectivity index is 1.87. The van der Waals surface area contributed by atoms with Crippen LogP contribution in [-0.2, 0) is 4.79 Å². The van der Waals surface area contributed by atoms with Crippen LogP contribution in [0.4, 0.5) is 0 Å². The molecule has 2 aliphatic rings. The first-order valence-corrected chi connectivity index (χ1v) is 8.04. The average molecular weight is 278 g/mol. The Morgan fingerprint density at radius 3 is 2.50 bits per heavy atom. The molecule has 2 rings (SSSR count). The number of aliphatic hydroxyl groups excluding tert-OH is 1. The van der Waals surface area contributed by atoms with Crippen LogP contribution in [0.1, 0.15) is 64.2 Å². The first kappa shape index (κ1) is 15.3. The van der Waals surface area contributed by atoms with Crippen LogP contribution < -0.4 is 5.32 Å². The van der Waals surface area contributed by atoms with Gasteiger partial charge in [-0.25, -0.2) is 0 Å². The molecule has 0 saturated heterocycles. The maximum atomic E-state index is 12.4. The van der Waals surface area contributed by atoms with Crippen molar-refractivity contribution in [1.29, 1.82) is 5.26 Å². The largest absolute Gasteiger partial charge is 0.393 e. The molecule has 0 aliphatic heterocycles. The number of nitriles is 1. The number of hydrogen-bond donors (Lipinski definition) is 2. The molecule has 0 spiro atoms. The number of nitrogens with one attached hydrogen (secondary N) is 1. The van der Waals surface area contributed by atoms with E-state index in [1.165, 1.54) is 0 Å². The molecule has 4 heteroatoms. The summed E-state index contributed by atoms with van der Waals surface area (Å²) in [7, 11) is 0. The van der Waals surface area contributed by atoms with E-state index in [1.807, 2.05) is 0 Å². The lowest BCUT2D eigenvalue weighted by molar-refractivity contribution is -0.129. The summed E-state index contributed by atoms with van der Waals surface area (Å²) in [4.78, 5) is 12.4. The molecule has 0 aromatic heterocycles. The number of nitrogens with zero attached hydrogens (tertiary/aromatic N) is 1. The Morgan fingerprint density at radius 2 is 1.90 bits per heavy atom. The Morgan fingerprint density at radius 1 is 1.20 bits per heavy atom. The Bertz CT molecular complexity index is 367. The second kappa shape index (κ2) is 7.08. The number of rotatable bonds is 3. The maximum Gasteiger partial charge on any atom is 0.240 e. The van der Waals surface area contributed by atoms with Gasteiger partial charge in [-0.2, -0.15) is 5.26 Å². The molecule has 2 saturated carbocycles. The van der Waals surface area contributed by atoms with Crippen molar-refractivity contribution in [3.63, 3.8) is 0 Å². The van der Waals surface area contributed by atoms with Gasteiger partial charge in [0.2, 0.25) is 5.91 Å². The zero-order valence-electron chi connectivity index (χ0n) is 12.2. The van der Waals surface area contributed by atoms with Crippen LogP contribution >= 0.6 is 0 Å². The topological polar surface area (TPSA) is 73.1 Å². The van der Waals surface area contributed by atoms with E-state index in [0.717, 1.165) is 51.4 Å². The molecule has 112 valence electrons. The summed E-state index contributed by atoms with van der Waals surface area (Å²) in [6.45, 7) is 0.610.